The molecule has 0 unspecified atom stereocenters. The lowest BCUT2D eigenvalue weighted by Gasteiger charge is -2.44. The van der Waals surface area contributed by atoms with Gasteiger partial charge in [0.1, 0.15) is 17.0 Å². The molecule has 0 spiro atoms. The predicted octanol–water partition coefficient (Wildman–Crippen LogP) is 4.21. The van der Waals surface area contributed by atoms with Gasteiger partial charge in [-0.05, 0) is 49.7 Å². The Balaban J connectivity index is 1.98. The van der Waals surface area contributed by atoms with Gasteiger partial charge in [-0.15, -0.1) is 10.2 Å². The second-order valence-electron chi connectivity index (χ2n) is 7.58. The smallest absolute Gasteiger partial charge is 0.201 e. The van der Waals surface area contributed by atoms with Crippen LogP contribution < -0.4 is 0 Å². The molecule has 132 valence electrons. The Kier molecular flexibility index (Phi) is 3.45. The van der Waals surface area contributed by atoms with Crippen LogP contribution in [0.3, 0.4) is 0 Å². The lowest BCUT2D eigenvalue weighted by atomic mass is 9.66. The fraction of sp³-hybridized carbons (Fsp3) is 0.300. The first-order valence-electron chi connectivity index (χ1n) is 8.40. The van der Waals surface area contributed by atoms with Crippen LogP contribution in [0.15, 0.2) is 41.4 Å². The van der Waals surface area contributed by atoms with Gasteiger partial charge in [-0.3, -0.25) is 4.99 Å². The van der Waals surface area contributed by atoms with Gasteiger partial charge in [0.25, 0.3) is 0 Å². The molecule has 1 aliphatic heterocycles. The summed E-state index contributed by atoms with van der Waals surface area (Å²) >= 11 is 0. The standard InChI is InChI=1S/C20H18F2N4/c1-19(2)13-10-11(21)8-9-12(13)16(24-20(19,3)4)18-23-15-7-5-6-14(22)17(15)25-26-18/h5-10H,1-4H3. The largest absolute Gasteiger partial charge is 0.274 e. The zero-order valence-corrected chi connectivity index (χ0v) is 15.0. The number of aromatic nitrogens is 3. The lowest BCUT2D eigenvalue weighted by Crippen LogP contribution is -2.46. The third-order valence-electron chi connectivity index (χ3n) is 5.48. The maximum atomic E-state index is 13.9. The molecule has 0 aliphatic carbocycles. The maximum Gasteiger partial charge on any atom is 0.201 e. The third kappa shape index (κ3) is 2.32. The maximum absolute atomic E-state index is 13.9. The minimum Gasteiger partial charge on any atom is -0.274 e. The molecule has 0 saturated heterocycles. The van der Waals surface area contributed by atoms with Crippen LogP contribution in [0.5, 0.6) is 0 Å². The minimum absolute atomic E-state index is 0.117. The van der Waals surface area contributed by atoms with Gasteiger partial charge >= 0.3 is 0 Å². The summed E-state index contributed by atoms with van der Waals surface area (Å²) in [6.45, 7) is 8.07. The number of hydrogen-bond donors (Lipinski definition) is 0. The van der Waals surface area contributed by atoms with E-state index in [0.29, 0.717) is 17.1 Å². The monoisotopic (exact) mass is 352 g/mol. The molecule has 1 aliphatic rings. The van der Waals surface area contributed by atoms with E-state index in [1.54, 1.807) is 24.3 Å². The van der Waals surface area contributed by atoms with Gasteiger partial charge < -0.3 is 0 Å². The summed E-state index contributed by atoms with van der Waals surface area (Å²) in [5.74, 6) is -0.461. The predicted molar refractivity (Wildman–Crippen MR) is 96.4 cm³/mol. The molecule has 0 amide bonds. The molecule has 4 rings (SSSR count). The second kappa shape index (κ2) is 5.37. The Bertz CT molecular complexity index is 1070. The van der Waals surface area contributed by atoms with Crippen LogP contribution in [-0.4, -0.2) is 26.4 Å². The Hall–Kier alpha value is -2.76. The first-order chi connectivity index (χ1) is 12.2. The highest BCUT2D eigenvalue weighted by atomic mass is 19.1. The fourth-order valence-corrected chi connectivity index (χ4v) is 3.25. The molecule has 0 bridgehead atoms. The van der Waals surface area contributed by atoms with Crippen molar-refractivity contribution in [1.29, 1.82) is 0 Å². The summed E-state index contributed by atoms with van der Waals surface area (Å²) in [7, 11) is 0. The Morgan fingerprint density at radius 2 is 1.69 bits per heavy atom. The van der Waals surface area contributed by atoms with E-state index < -0.39 is 11.4 Å². The zero-order valence-electron chi connectivity index (χ0n) is 15.0. The number of halogens is 2. The molecule has 4 nitrogen and oxygen atoms in total. The highest BCUT2D eigenvalue weighted by Gasteiger charge is 2.44. The lowest BCUT2D eigenvalue weighted by molar-refractivity contribution is 0.302. The number of benzene rings is 2. The molecule has 1 aromatic heterocycles. The molecule has 2 heterocycles. The number of rotatable bonds is 1. The van der Waals surface area contributed by atoms with E-state index in [1.807, 2.05) is 27.7 Å². The number of hydrogen-bond acceptors (Lipinski definition) is 4. The van der Waals surface area contributed by atoms with E-state index in [9.17, 15) is 8.78 Å². The molecular formula is C20H18F2N4. The van der Waals surface area contributed by atoms with Gasteiger partial charge in [0.05, 0.1) is 11.1 Å². The van der Waals surface area contributed by atoms with Gasteiger partial charge in [-0.1, -0.05) is 19.9 Å². The van der Waals surface area contributed by atoms with Crippen LogP contribution in [0.4, 0.5) is 8.78 Å². The van der Waals surface area contributed by atoms with E-state index in [4.69, 9.17) is 4.99 Å². The first kappa shape index (κ1) is 16.7. The van der Waals surface area contributed by atoms with Crippen molar-refractivity contribution in [2.75, 3.05) is 0 Å². The van der Waals surface area contributed by atoms with Crippen molar-refractivity contribution in [3.05, 3.63) is 65.0 Å². The van der Waals surface area contributed by atoms with Crippen LogP contribution in [0.2, 0.25) is 0 Å². The Morgan fingerprint density at radius 1 is 0.923 bits per heavy atom. The average molecular weight is 352 g/mol. The molecule has 26 heavy (non-hydrogen) atoms. The van der Waals surface area contributed by atoms with Crippen LogP contribution in [0.1, 0.15) is 44.6 Å². The van der Waals surface area contributed by atoms with Crippen molar-refractivity contribution in [1.82, 2.24) is 15.2 Å². The molecule has 6 heteroatoms. The van der Waals surface area contributed by atoms with Crippen molar-refractivity contribution < 1.29 is 8.78 Å². The van der Waals surface area contributed by atoms with E-state index in [1.165, 1.54) is 12.1 Å². The fourth-order valence-electron chi connectivity index (χ4n) is 3.25. The summed E-state index contributed by atoms with van der Waals surface area (Å²) in [6.07, 6.45) is 0. The molecule has 0 fully saturated rings. The summed E-state index contributed by atoms with van der Waals surface area (Å²) in [6, 6.07) is 9.21. The van der Waals surface area contributed by atoms with E-state index in [0.717, 1.165) is 11.1 Å². The number of nitrogens with zero attached hydrogens (tertiary/aromatic N) is 4. The van der Waals surface area contributed by atoms with E-state index >= 15 is 0 Å². The van der Waals surface area contributed by atoms with Crippen LogP contribution in [-0.2, 0) is 5.41 Å². The highest BCUT2D eigenvalue weighted by Crippen LogP contribution is 2.43. The molecule has 3 aromatic rings. The Labute approximate surface area is 150 Å². The van der Waals surface area contributed by atoms with Gasteiger partial charge in [0.15, 0.2) is 5.82 Å². The van der Waals surface area contributed by atoms with Crippen molar-refractivity contribution in [2.45, 2.75) is 38.6 Å². The van der Waals surface area contributed by atoms with Crippen molar-refractivity contribution in [2.24, 2.45) is 4.99 Å². The third-order valence-corrected chi connectivity index (χ3v) is 5.48. The first-order valence-corrected chi connectivity index (χ1v) is 8.40. The number of aliphatic imine (C=N–C) groups is 1. The highest BCUT2D eigenvalue weighted by molar-refractivity contribution is 6.13. The molecule has 0 atom stereocenters. The normalized spacial score (nSPS) is 17.7. The van der Waals surface area contributed by atoms with Crippen molar-refractivity contribution in [3.63, 3.8) is 0 Å². The van der Waals surface area contributed by atoms with Crippen LogP contribution >= 0.6 is 0 Å². The zero-order chi connectivity index (χ0) is 18.7. The Morgan fingerprint density at radius 3 is 2.46 bits per heavy atom. The van der Waals surface area contributed by atoms with E-state index in [2.05, 4.69) is 15.2 Å². The van der Waals surface area contributed by atoms with Crippen molar-refractivity contribution >= 4 is 16.7 Å². The topological polar surface area (TPSA) is 51.0 Å². The van der Waals surface area contributed by atoms with Crippen LogP contribution in [0.25, 0.3) is 11.0 Å². The number of fused-ring (bicyclic) bond motifs is 2. The summed E-state index contributed by atoms with van der Waals surface area (Å²) < 4.78 is 27.8. The van der Waals surface area contributed by atoms with Gasteiger partial charge in [-0.2, -0.15) is 0 Å². The van der Waals surface area contributed by atoms with E-state index in [-0.39, 0.29) is 16.7 Å². The molecule has 2 aromatic carbocycles. The molecule has 0 saturated carbocycles. The average Bonchev–Trinajstić information content (AvgIpc) is 2.59. The summed E-state index contributed by atoms with van der Waals surface area (Å²) in [4.78, 5) is 9.33. The van der Waals surface area contributed by atoms with Crippen molar-refractivity contribution in [3.8, 4) is 0 Å². The quantitative estimate of drug-likeness (QED) is 0.659. The summed E-state index contributed by atoms with van der Waals surface area (Å²) in [5, 5.41) is 8.09. The molecular weight excluding hydrogens is 334 g/mol. The minimum atomic E-state index is -0.511. The second-order valence-corrected chi connectivity index (χ2v) is 7.58. The van der Waals surface area contributed by atoms with Crippen LogP contribution in [0, 0.1) is 11.6 Å². The van der Waals surface area contributed by atoms with Gasteiger partial charge in [0, 0.05) is 11.0 Å². The van der Waals surface area contributed by atoms with Gasteiger partial charge in [-0.25, -0.2) is 13.8 Å². The summed E-state index contributed by atoms with van der Waals surface area (Å²) in [5.41, 5.74) is 1.79. The SMILES string of the molecule is CC1(C)N=C(c2nnc3c(F)cccc3n2)c2ccc(F)cc2C1(C)C. The molecule has 0 N–H and O–H groups in total. The molecule has 0 radical (unpaired) electrons. The van der Waals surface area contributed by atoms with Gasteiger partial charge in [0.2, 0.25) is 5.82 Å².